The summed E-state index contributed by atoms with van der Waals surface area (Å²) in [7, 11) is 0. The third-order valence-electron chi connectivity index (χ3n) is 5.98. The van der Waals surface area contributed by atoms with Crippen molar-refractivity contribution < 1.29 is 36.3 Å². The average molecular weight is 603 g/mol. The fourth-order valence-electron chi connectivity index (χ4n) is 3.99. The lowest BCUT2D eigenvalue weighted by molar-refractivity contribution is -0.274. The first-order valence-electron chi connectivity index (χ1n) is 12.1. The van der Waals surface area contributed by atoms with Gasteiger partial charge in [0.15, 0.2) is 11.0 Å². The van der Waals surface area contributed by atoms with Crippen molar-refractivity contribution in [3.63, 3.8) is 0 Å². The summed E-state index contributed by atoms with van der Waals surface area (Å²) in [4.78, 5) is 34.5. The second-order valence-corrected chi connectivity index (χ2v) is 9.92. The van der Waals surface area contributed by atoms with Crippen LogP contribution in [-0.2, 0) is 4.79 Å². The van der Waals surface area contributed by atoms with Gasteiger partial charge in [-0.1, -0.05) is 11.8 Å². The summed E-state index contributed by atoms with van der Waals surface area (Å²) in [6.07, 6.45) is -3.52. The molecule has 0 saturated carbocycles. The monoisotopic (exact) mass is 602 g/mol. The summed E-state index contributed by atoms with van der Waals surface area (Å²) < 4.78 is 71.1. The number of rotatable bonds is 5. The van der Waals surface area contributed by atoms with Gasteiger partial charge >= 0.3 is 12.4 Å². The summed E-state index contributed by atoms with van der Waals surface area (Å²) >= 11 is 1.02. The maximum absolute atomic E-state index is 14.9. The van der Waals surface area contributed by atoms with Gasteiger partial charge in [0.2, 0.25) is 5.91 Å². The van der Waals surface area contributed by atoms with E-state index in [0.29, 0.717) is 22.5 Å². The molecule has 1 saturated heterocycles. The molecule has 0 spiro atoms. The first-order valence-corrected chi connectivity index (χ1v) is 13.1. The molecule has 0 unspecified atom stereocenters. The minimum absolute atomic E-state index is 0.0240. The summed E-state index contributed by atoms with van der Waals surface area (Å²) in [6.45, 7) is 3.18. The molecule has 42 heavy (non-hydrogen) atoms. The number of amidine groups is 1. The molecule has 1 aliphatic heterocycles. The molecule has 0 atom stereocenters. The van der Waals surface area contributed by atoms with Crippen molar-refractivity contribution in [1.82, 2.24) is 14.8 Å². The summed E-state index contributed by atoms with van der Waals surface area (Å²) in [5, 5.41) is 6.63. The van der Waals surface area contributed by atoms with Crippen LogP contribution in [0.2, 0.25) is 0 Å². The number of alkyl halides is 3. The smallest absolute Gasteiger partial charge is 0.406 e. The van der Waals surface area contributed by atoms with Crippen molar-refractivity contribution in [2.45, 2.75) is 20.2 Å². The maximum atomic E-state index is 14.9. The lowest BCUT2D eigenvalue weighted by Crippen LogP contribution is -2.31. The van der Waals surface area contributed by atoms with Crippen LogP contribution in [0.4, 0.5) is 38.1 Å². The predicted molar refractivity (Wildman–Crippen MR) is 146 cm³/mol. The highest BCUT2D eigenvalue weighted by molar-refractivity contribution is 8.15. The van der Waals surface area contributed by atoms with Crippen LogP contribution in [0.1, 0.15) is 11.1 Å². The largest absolute Gasteiger partial charge is 0.573 e. The third kappa shape index (κ3) is 6.25. The summed E-state index contributed by atoms with van der Waals surface area (Å²) in [5.41, 5.74) is 1.64. The molecule has 5 rings (SSSR count). The second kappa shape index (κ2) is 11.2. The van der Waals surface area contributed by atoms with Gasteiger partial charge < -0.3 is 10.1 Å². The van der Waals surface area contributed by atoms with Crippen molar-refractivity contribution in [3.8, 4) is 22.8 Å². The number of aromatic nitrogens is 3. The van der Waals surface area contributed by atoms with Crippen LogP contribution in [0, 0.1) is 25.5 Å². The fourth-order valence-corrected chi connectivity index (χ4v) is 4.85. The Labute approximate surface area is 239 Å². The van der Waals surface area contributed by atoms with Crippen LogP contribution < -0.4 is 15.0 Å². The first kappa shape index (κ1) is 28.7. The molecule has 0 radical (unpaired) electrons. The van der Waals surface area contributed by atoms with Crippen LogP contribution in [0.25, 0.3) is 17.1 Å². The number of aryl methyl sites for hydroxylation is 2. The number of amides is 3. The Morgan fingerprint density at radius 2 is 1.76 bits per heavy atom. The van der Waals surface area contributed by atoms with Crippen molar-refractivity contribution in [2.75, 3.05) is 16.0 Å². The number of ether oxygens (including phenoxy) is 1. The number of urea groups is 1. The minimum atomic E-state index is -4.82. The molecule has 3 aromatic carbocycles. The van der Waals surface area contributed by atoms with E-state index < -0.39 is 29.8 Å². The number of aliphatic imine (C=N–C) groups is 1. The standard InChI is InChI=1S/C27H19F5N6O3S/c1-14-10-22(15(2)9-19(14)28)38-23(39)12-42-26(38)35-25(40)34-21-8-3-16(11-20(21)29)24-33-13-37(36-24)17-4-6-18(7-5-17)41-27(30,31)32/h3-11,13H,12H2,1-2H3,(H,34,40). The molecular weight excluding hydrogens is 583 g/mol. The molecular formula is C27H19F5N6O3S. The van der Waals surface area contributed by atoms with Crippen LogP contribution in [0.5, 0.6) is 5.75 Å². The number of anilines is 2. The number of carbonyl (C=O) groups excluding carboxylic acids is 2. The maximum Gasteiger partial charge on any atom is 0.573 e. The zero-order chi connectivity index (χ0) is 30.2. The van der Waals surface area contributed by atoms with Gasteiger partial charge in [-0.3, -0.25) is 9.69 Å². The van der Waals surface area contributed by atoms with Crippen molar-refractivity contribution >= 4 is 40.2 Å². The summed E-state index contributed by atoms with van der Waals surface area (Å²) in [6, 6.07) is 10.6. The SMILES string of the molecule is Cc1cc(N2C(=O)CSC2=NC(=O)Nc2ccc(-c3ncn(-c4ccc(OC(F)(F)F)cc4)n3)cc2F)c(C)cc1F. The van der Waals surface area contributed by atoms with Gasteiger partial charge in [-0.2, -0.15) is 4.99 Å². The predicted octanol–water partition coefficient (Wildman–Crippen LogP) is 6.40. The van der Waals surface area contributed by atoms with Gasteiger partial charge in [-0.05, 0) is 79.6 Å². The molecule has 0 bridgehead atoms. The quantitative estimate of drug-likeness (QED) is 0.266. The lowest BCUT2D eigenvalue weighted by atomic mass is 10.1. The summed E-state index contributed by atoms with van der Waals surface area (Å²) in [5.74, 6) is -1.85. The van der Waals surface area contributed by atoms with E-state index in [2.05, 4.69) is 25.1 Å². The van der Waals surface area contributed by atoms with Crippen molar-refractivity contribution in [3.05, 3.63) is 83.7 Å². The topological polar surface area (TPSA) is 102 Å². The number of nitrogens with zero attached hydrogens (tertiary/aromatic N) is 5. The van der Waals surface area contributed by atoms with E-state index in [9.17, 15) is 31.5 Å². The highest BCUT2D eigenvalue weighted by atomic mass is 32.2. The van der Waals surface area contributed by atoms with Crippen LogP contribution in [-0.4, -0.2) is 44.0 Å². The minimum Gasteiger partial charge on any atom is -0.406 e. The molecule has 15 heteroatoms. The molecule has 2 heterocycles. The van der Waals surface area contributed by atoms with E-state index in [4.69, 9.17) is 0 Å². The number of thioether (sulfide) groups is 1. The lowest BCUT2D eigenvalue weighted by Gasteiger charge is -2.19. The molecule has 4 aromatic rings. The highest BCUT2D eigenvalue weighted by Gasteiger charge is 2.32. The van der Waals surface area contributed by atoms with E-state index in [0.717, 1.165) is 30.0 Å². The Hall–Kier alpha value is -4.79. The number of hydrogen-bond acceptors (Lipinski definition) is 6. The van der Waals surface area contributed by atoms with E-state index >= 15 is 0 Å². The zero-order valence-corrected chi connectivity index (χ0v) is 22.6. The third-order valence-corrected chi connectivity index (χ3v) is 6.90. The van der Waals surface area contributed by atoms with E-state index in [-0.39, 0.29) is 33.9 Å². The Morgan fingerprint density at radius 1 is 1.02 bits per heavy atom. The molecule has 1 aromatic heterocycles. The normalized spacial score (nSPS) is 14.5. The van der Waals surface area contributed by atoms with E-state index in [1.165, 1.54) is 52.3 Å². The van der Waals surface area contributed by atoms with E-state index in [1.54, 1.807) is 13.8 Å². The van der Waals surface area contributed by atoms with Crippen LogP contribution >= 0.6 is 11.8 Å². The van der Waals surface area contributed by atoms with Crippen LogP contribution in [0.15, 0.2) is 65.9 Å². The van der Waals surface area contributed by atoms with Crippen LogP contribution in [0.3, 0.4) is 0 Å². The number of halogens is 5. The van der Waals surface area contributed by atoms with Gasteiger partial charge in [-0.25, -0.2) is 23.2 Å². The molecule has 1 N–H and O–H groups in total. The average Bonchev–Trinajstić information content (AvgIpc) is 3.54. The van der Waals surface area contributed by atoms with Gasteiger partial charge in [0.25, 0.3) is 0 Å². The molecule has 1 aliphatic rings. The second-order valence-electron chi connectivity index (χ2n) is 8.98. The first-order chi connectivity index (χ1) is 19.9. The Morgan fingerprint density at radius 3 is 2.45 bits per heavy atom. The molecule has 9 nitrogen and oxygen atoms in total. The number of benzene rings is 3. The Kier molecular flexibility index (Phi) is 7.69. The number of carbonyl (C=O) groups is 2. The fraction of sp³-hybridized carbons (Fsp3) is 0.148. The highest BCUT2D eigenvalue weighted by Crippen LogP contribution is 2.31. The molecule has 1 fully saturated rings. The van der Waals surface area contributed by atoms with E-state index in [1.807, 2.05) is 0 Å². The Balaban J connectivity index is 1.30. The molecule has 216 valence electrons. The van der Waals surface area contributed by atoms with Gasteiger partial charge in [0, 0.05) is 5.56 Å². The van der Waals surface area contributed by atoms with Gasteiger partial charge in [-0.15, -0.1) is 18.3 Å². The van der Waals surface area contributed by atoms with Crippen molar-refractivity contribution in [1.29, 1.82) is 0 Å². The molecule has 3 amide bonds. The number of nitrogens with one attached hydrogen (secondary N) is 1. The Bertz CT molecular complexity index is 1720. The van der Waals surface area contributed by atoms with Gasteiger partial charge in [0.1, 0.15) is 23.7 Å². The van der Waals surface area contributed by atoms with Crippen molar-refractivity contribution in [2.24, 2.45) is 4.99 Å². The van der Waals surface area contributed by atoms with Gasteiger partial charge in [0.05, 0.1) is 22.8 Å². The number of hydrogen-bond donors (Lipinski definition) is 1. The molecule has 0 aliphatic carbocycles. The zero-order valence-electron chi connectivity index (χ0n) is 21.7.